The number of nitrogens with zero attached hydrogens (tertiary/aromatic N) is 1. The van der Waals surface area contributed by atoms with Gasteiger partial charge in [0.15, 0.2) is 0 Å². The van der Waals surface area contributed by atoms with Crippen LogP contribution in [-0.4, -0.2) is 28.9 Å². The molecule has 0 saturated heterocycles. The zero-order valence-electron chi connectivity index (χ0n) is 11.7. The van der Waals surface area contributed by atoms with Crippen molar-refractivity contribution >= 4 is 11.9 Å². The van der Waals surface area contributed by atoms with Gasteiger partial charge in [-0.25, -0.2) is 0 Å². The van der Waals surface area contributed by atoms with E-state index in [1.165, 1.54) is 4.90 Å². The first-order valence-electron chi connectivity index (χ1n) is 6.45. The number of rotatable bonds is 7. The van der Waals surface area contributed by atoms with Gasteiger partial charge in [-0.15, -0.1) is 0 Å². The maximum atomic E-state index is 12.1. The minimum Gasteiger partial charge on any atom is -0.481 e. The van der Waals surface area contributed by atoms with Crippen LogP contribution in [0.2, 0.25) is 0 Å². The number of carboxylic acid groups (broad SMARTS) is 1. The first-order chi connectivity index (χ1) is 8.95. The summed E-state index contributed by atoms with van der Waals surface area (Å²) in [7, 11) is 1.66. The molecule has 0 aliphatic carbocycles. The molecule has 1 N–H and O–H groups in total. The minimum absolute atomic E-state index is 0.0204. The van der Waals surface area contributed by atoms with Gasteiger partial charge in [0.2, 0.25) is 5.91 Å². The molecule has 0 fully saturated rings. The SMILES string of the molecule is CCC(CC)(CC(=O)N(C)Cc1ccco1)C(=O)O. The molecule has 5 heteroatoms. The summed E-state index contributed by atoms with van der Waals surface area (Å²) in [5, 5.41) is 9.32. The Morgan fingerprint density at radius 3 is 2.42 bits per heavy atom. The van der Waals surface area contributed by atoms with Crippen molar-refractivity contribution in [1.29, 1.82) is 0 Å². The maximum Gasteiger partial charge on any atom is 0.310 e. The van der Waals surface area contributed by atoms with Crippen molar-refractivity contribution < 1.29 is 19.1 Å². The van der Waals surface area contributed by atoms with E-state index in [0.717, 1.165) is 0 Å². The van der Waals surface area contributed by atoms with Crippen molar-refractivity contribution in [3.8, 4) is 0 Å². The lowest BCUT2D eigenvalue weighted by Gasteiger charge is -2.28. The molecule has 1 rings (SSSR count). The average Bonchev–Trinajstić information content (AvgIpc) is 2.88. The standard InChI is InChI=1S/C14H21NO4/c1-4-14(5-2,13(17)18)9-12(16)15(3)10-11-7-6-8-19-11/h6-8H,4-5,9-10H2,1-3H3,(H,17,18). The van der Waals surface area contributed by atoms with E-state index < -0.39 is 11.4 Å². The Morgan fingerprint density at radius 2 is 2.00 bits per heavy atom. The van der Waals surface area contributed by atoms with Crippen LogP contribution in [0.15, 0.2) is 22.8 Å². The van der Waals surface area contributed by atoms with E-state index in [9.17, 15) is 14.7 Å². The number of hydrogen-bond donors (Lipinski definition) is 1. The summed E-state index contributed by atoms with van der Waals surface area (Å²) >= 11 is 0. The molecule has 0 aliphatic rings. The van der Waals surface area contributed by atoms with E-state index in [4.69, 9.17) is 4.42 Å². The average molecular weight is 267 g/mol. The van der Waals surface area contributed by atoms with Crippen LogP contribution >= 0.6 is 0 Å². The lowest BCUT2D eigenvalue weighted by atomic mass is 9.79. The van der Waals surface area contributed by atoms with Crippen LogP contribution < -0.4 is 0 Å². The fraction of sp³-hybridized carbons (Fsp3) is 0.571. The third-order valence-electron chi connectivity index (χ3n) is 3.70. The Balaban J connectivity index is 2.69. The number of carboxylic acids is 1. The van der Waals surface area contributed by atoms with E-state index in [1.807, 2.05) is 0 Å². The van der Waals surface area contributed by atoms with Gasteiger partial charge in [0, 0.05) is 13.5 Å². The zero-order valence-corrected chi connectivity index (χ0v) is 11.7. The minimum atomic E-state index is -0.964. The van der Waals surface area contributed by atoms with Gasteiger partial charge in [0.05, 0.1) is 18.2 Å². The molecular formula is C14H21NO4. The van der Waals surface area contributed by atoms with Crippen molar-refractivity contribution in [3.63, 3.8) is 0 Å². The van der Waals surface area contributed by atoms with Crippen molar-refractivity contribution in [2.75, 3.05) is 7.05 Å². The summed E-state index contributed by atoms with van der Waals surface area (Å²) in [4.78, 5) is 25.0. The van der Waals surface area contributed by atoms with Gasteiger partial charge in [-0.05, 0) is 25.0 Å². The van der Waals surface area contributed by atoms with Crippen LogP contribution in [0.3, 0.4) is 0 Å². The Labute approximate surface area is 113 Å². The van der Waals surface area contributed by atoms with E-state index in [-0.39, 0.29) is 12.3 Å². The number of carbonyl (C=O) groups excluding carboxylic acids is 1. The van der Waals surface area contributed by atoms with E-state index in [1.54, 1.807) is 39.3 Å². The fourth-order valence-corrected chi connectivity index (χ4v) is 2.03. The third-order valence-corrected chi connectivity index (χ3v) is 3.70. The number of amides is 1. The molecule has 106 valence electrons. The van der Waals surface area contributed by atoms with Gasteiger partial charge < -0.3 is 14.4 Å². The molecule has 0 aromatic carbocycles. The van der Waals surface area contributed by atoms with Gasteiger partial charge in [-0.3, -0.25) is 9.59 Å². The predicted octanol–water partition coefficient (Wildman–Crippen LogP) is 2.52. The highest BCUT2D eigenvalue weighted by molar-refractivity contribution is 5.84. The second-order valence-electron chi connectivity index (χ2n) is 4.80. The summed E-state index contributed by atoms with van der Waals surface area (Å²) < 4.78 is 5.17. The zero-order chi connectivity index (χ0) is 14.5. The monoisotopic (exact) mass is 267 g/mol. The molecule has 0 saturated carbocycles. The lowest BCUT2D eigenvalue weighted by Crippen LogP contribution is -2.37. The molecule has 0 spiro atoms. The summed E-state index contributed by atoms with van der Waals surface area (Å²) in [5.41, 5.74) is -0.964. The summed E-state index contributed by atoms with van der Waals surface area (Å²) in [6.45, 7) is 3.96. The van der Waals surface area contributed by atoms with Crippen molar-refractivity contribution in [1.82, 2.24) is 4.90 Å². The number of furan rings is 1. The second kappa shape index (κ2) is 6.41. The summed E-state index contributed by atoms with van der Waals surface area (Å²) in [6, 6.07) is 3.54. The molecule has 0 aliphatic heterocycles. The van der Waals surface area contributed by atoms with E-state index in [2.05, 4.69) is 0 Å². The van der Waals surface area contributed by atoms with E-state index >= 15 is 0 Å². The van der Waals surface area contributed by atoms with Gasteiger partial charge in [0.25, 0.3) is 0 Å². The van der Waals surface area contributed by atoms with Crippen LogP contribution in [0.25, 0.3) is 0 Å². The number of hydrogen-bond acceptors (Lipinski definition) is 3. The number of aliphatic carboxylic acids is 1. The van der Waals surface area contributed by atoms with Crippen LogP contribution in [0, 0.1) is 5.41 Å². The predicted molar refractivity (Wildman–Crippen MR) is 70.4 cm³/mol. The Kier molecular flexibility index (Phi) is 5.15. The third kappa shape index (κ3) is 3.59. The van der Waals surface area contributed by atoms with Gasteiger partial charge in [-0.2, -0.15) is 0 Å². The fourth-order valence-electron chi connectivity index (χ4n) is 2.03. The molecule has 0 unspecified atom stereocenters. The Morgan fingerprint density at radius 1 is 1.37 bits per heavy atom. The van der Waals surface area contributed by atoms with Crippen LogP contribution in [0.5, 0.6) is 0 Å². The van der Waals surface area contributed by atoms with Gasteiger partial charge >= 0.3 is 5.97 Å². The molecule has 0 atom stereocenters. The quantitative estimate of drug-likeness (QED) is 0.824. The van der Waals surface area contributed by atoms with Crippen LogP contribution in [-0.2, 0) is 16.1 Å². The molecule has 19 heavy (non-hydrogen) atoms. The van der Waals surface area contributed by atoms with Gasteiger partial charge in [-0.1, -0.05) is 13.8 Å². The largest absolute Gasteiger partial charge is 0.481 e. The number of carbonyl (C=O) groups is 2. The van der Waals surface area contributed by atoms with Crippen molar-refractivity contribution in [2.24, 2.45) is 5.41 Å². The molecule has 1 aromatic rings. The highest BCUT2D eigenvalue weighted by Crippen LogP contribution is 2.31. The van der Waals surface area contributed by atoms with Crippen molar-refractivity contribution in [3.05, 3.63) is 24.2 Å². The highest BCUT2D eigenvalue weighted by atomic mass is 16.4. The molecular weight excluding hydrogens is 246 g/mol. The topological polar surface area (TPSA) is 70.8 Å². The van der Waals surface area contributed by atoms with Crippen LogP contribution in [0.4, 0.5) is 0 Å². The normalized spacial score (nSPS) is 11.3. The molecule has 1 aromatic heterocycles. The molecule has 5 nitrogen and oxygen atoms in total. The molecule has 1 amide bonds. The molecule has 0 radical (unpaired) electrons. The first-order valence-corrected chi connectivity index (χ1v) is 6.45. The maximum absolute atomic E-state index is 12.1. The Bertz CT molecular complexity index is 421. The smallest absolute Gasteiger partial charge is 0.310 e. The Hall–Kier alpha value is -1.78. The second-order valence-corrected chi connectivity index (χ2v) is 4.80. The molecule has 1 heterocycles. The highest BCUT2D eigenvalue weighted by Gasteiger charge is 2.37. The summed E-state index contributed by atoms with van der Waals surface area (Å²) in [5.74, 6) is -0.399. The first kappa shape index (κ1) is 15.3. The lowest BCUT2D eigenvalue weighted by molar-refractivity contribution is -0.154. The van der Waals surface area contributed by atoms with Crippen LogP contribution in [0.1, 0.15) is 38.9 Å². The summed E-state index contributed by atoms with van der Waals surface area (Å²) in [6.07, 6.45) is 2.46. The van der Waals surface area contributed by atoms with Crippen molar-refractivity contribution in [2.45, 2.75) is 39.7 Å². The van der Waals surface area contributed by atoms with Gasteiger partial charge in [0.1, 0.15) is 5.76 Å². The van der Waals surface area contributed by atoms with E-state index in [0.29, 0.717) is 25.1 Å². The molecule has 0 bridgehead atoms.